The first kappa shape index (κ1) is 25.5. The molecule has 0 aliphatic rings. The molecule has 0 aliphatic carbocycles. The smallest absolute Gasteiger partial charge is 0.242 e. The zero-order valence-electron chi connectivity index (χ0n) is 23.0. The van der Waals surface area contributed by atoms with Crippen molar-refractivity contribution in [3.05, 3.63) is 118 Å². The Morgan fingerprint density at radius 3 is 1.58 bits per heavy atom. The van der Waals surface area contributed by atoms with E-state index >= 15 is 0 Å². The van der Waals surface area contributed by atoms with Crippen molar-refractivity contribution in [1.82, 2.24) is 0 Å². The Labute approximate surface area is 226 Å². The lowest BCUT2D eigenvalue weighted by Gasteiger charge is -2.24. The van der Waals surface area contributed by atoms with Gasteiger partial charge in [0.05, 0.1) is 11.4 Å². The fourth-order valence-corrected chi connectivity index (χ4v) is 5.97. The van der Waals surface area contributed by atoms with E-state index in [-0.39, 0.29) is 12.5 Å². The molecule has 4 heteroatoms. The van der Waals surface area contributed by atoms with Gasteiger partial charge in [-0.1, -0.05) is 110 Å². The standard InChI is InChI=1S/C34H33BN2O/c1-21-17-23(3)33(24(4)18-21)35(34-25(5)19-22(2)20-26(34)6)27-11-13-28(14-12-27)36-37-31-15-16-32(38)30-10-8-7-9-29(30)31/h7-20,38H,1-6H3. The van der Waals surface area contributed by atoms with Crippen LogP contribution in [0.25, 0.3) is 10.8 Å². The Balaban J connectivity index is 1.58. The van der Waals surface area contributed by atoms with Crippen molar-refractivity contribution in [2.24, 2.45) is 10.2 Å². The lowest BCUT2D eigenvalue weighted by atomic mass is 9.34. The minimum Gasteiger partial charge on any atom is -0.507 e. The van der Waals surface area contributed by atoms with Gasteiger partial charge in [0.1, 0.15) is 5.75 Å². The third-order valence-corrected chi connectivity index (χ3v) is 7.43. The van der Waals surface area contributed by atoms with Crippen LogP contribution in [0.1, 0.15) is 33.4 Å². The van der Waals surface area contributed by atoms with Crippen molar-refractivity contribution < 1.29 is 5.11 Å². The number of nitrogens with zero attached hydrogens (tertiary/aromatic N) is 2. The van der Waals surface area contributed by atoms with Crippen molar-refractivity contribution in [3.63, 3.8) is 0 Å². The maximum atomic E-state index is 10.2. The molecule has 38 heavy (non-hydrogen) atoms. The summed E-state index contributed by atoms with van der Waals surface area (Å²) in [5.74, 6) is 0.248. The molecule has 0 aliphatic heterocycles. The van der Waals surface area contributed by atoms with Crippen LogP contribution in [0.2, 0.25) is 0 Å². The predicted octanol–water partition coefficient (Wildman–Crippen LogP) is 7.33. The number of benzene rings is 5. The average Bonchev–Trinajstić information content (AvgIpc) is 2.87. The molecule has 0 atom stereocenters. The largest absolute Gasteiger partial charge is 0.507 e. The Morgan fingerprint density at radius 1 is 0.553 bits per heavy atom. The lowest BCUT2D eigenvalue weighted by molar-refractivity contribution is 0.481. The number of phenolic OH excluding ortho intramolecular Hbond substituents is 1. The summed E-state index contributed by atoms with van der Waals surface area (Å²) in [7, 11) is 0. The van der Waals surface area contributed by atoms with Gasteiger partial charge < -0.3 is 5.11 Å². The molecule has 0 saturated heterocycles. The molecule has 0 aromatic heterocycles. The molecule has 5 rings (SSSR count). The molecule has 0 amide bonds. The summed E-state index contributed by atoms with van der Waals surface area (Å²) in [4.78, 5) is 0. The SMILES string of the molecule is Cc1cc(C)c(B(c2ccc(N=Nc3ccc(O)c4ccccc34)cc2)c2c(C)cc(C)cc2C)c(C)c1. The van der Waals surface area contributed by atoms with Crippen LogP contribution in [0.4, 0.5) is 11.4 Å². The second-order valence-electron chi connectivity index (χ2n) is 10.5. The molecule has 0 bridgehead atoms. The third-order valence-electron chi connectivity index (χ3n) is 7.43. The molecule has 0 saturated carbocycles. The molecule has 0 heterocycles. The Bertz CT molecular complexity index is 1580. The number of azo groups is 1. The van der Waals surface area contributed by atoms with E-state index in [1.165, 1.54) is 49.8 Å². The maximum Gasteiger partial charge on any atom is 0.242 e. The minimum absolute atomic E-state index is 0.128. The normalized spacial score (nSPS) is 11.4. The number of aryl methyl sites for hydroxylation is 6. The van der Waals surface area contributed by atoms with Crippen LogP contribution in [0, 0.1) is 41.5 Å². The van der Waals surface area contributed by atoms with E-state index in [1.807, 2.05) is 36.4 Å². The lowest BCUT2D eigenvalue weighted by Crippen LogP contribution is -2.55. The van der Waals surface area contributed by atoms with Gasteiger partial charge in [-0.15, -0.1) is 5.11 Å². The molecule has 5 aromatic carbocycles. The predicted molar refractivity (Wildman–Crippen MR) is 162 cm³/mol. The van der Waals surface area contributed by atoms with E-state index in [2.05, 4.69) is 88.2 Å². The number of phenols is 1. The molecular weight excluding hydrogens is 463 g/mol. The Morgan fingerprint density at radius 2 is 1.05 bits per heavy atom. The Kier molecular flexibility index (Phi) is 6.90. The summed E-state index contributed by atoms with van der Waals surface area (Å²) >= 11 is 0. The van der Waals surface area contributed by atoms with Crippen molar-refractivity contribution in [2.75, 3.05) is 0 Å². The van der Waals surface area contributed by atoms with Crippen LogP contribution in [0.5, 0.6) is 5.75 Å². The first-order valence-corrected chi connectivity index (χ1v) is 13.1. The van der Waals surface area contributed by atoms with Gasteiger partial charge >= 0.3 is 0 Å². The molecule has 188 valence electrons. The molecule has 0 spiro atoms. The summed E-state index contributed by atoms with van der Waals surface area (Å²) in [5, 5.41) is 20.9. The molecule has 5 aromatic rings. The van der Waals surface area contributed by atoms with Gasteiger partial charge in [-0.3, -0.25) is 0 Å². The van der Waals surface area contributed by atoms with Gasteiger partial charge in [-0.25, -0.2) is 0 Å². The number of fused-ring (bicyclic) bond motifs is 1. The monoisotopic (exact) mass is 496 g/mol. The molecule has 1 N–H and O–H groups in total. The highest BCUT2D eigenvalue weighted by atomic mass is 16.3. The average molecular weight is 496 g/mol. The van der Waals surface area contributed by atoms with Crippen LogP contribution in [0.15, 0.2) is 95.2 Å². The fraction of sp³-hybridized carbons (Fsp3) is 0.176. The number of rotatable bonds is 5. The molecule has 3 nitrogen and oxygen atoms in total. The highest BCUT2D eigenvalue weighted by molar-refractivity contribution is 6.96. The maximum absolute atomic E-state index is 10.2. The van der Waals surface area contributed by atoms with Crippen molar-refractivity contribution >= 4 is 45.2 Å². The van der Waals surface area contributed by atoms with Crippen molar-refractivity contribution in [3.8, 4) is 5.75 Å². The van der Waals surface area contributed by atoms with Gasteiger partial charge in [-0.05, 0) is 65.8 Å². The molecule has 0 unspecified atom stereocenters. The summed E-state index contributed by atoms with van der Waals surface area (Å²) in [6.07, 6.45) is 0. The quantitative estimate of drug-likeness (QED) is 0.201. The van der Waals surface area contributed by atoms with Gasteiger partial charge in [0.2, 0.25) is 6.71 Å². The first-order valence-electron chi connectivity index (χ1n) is 13.1. The van der Waals surface area contributed by atoms with E-state index < -0.39 is 0 Å². The van der Waals surface area contributed by atoms with E-state index in [4.69, 9.17) is 0 Å². The fourth-order valence-electron chi connectivity index (χ4n) is 5.97. The zero-order chi connectivity index (χ0) is 27.0. The van der Waals surface area contributed by atoms with Crippen LogP contribution in [-0.4, -0.2) is 11.8 Å². The number of hydrogen-bond donors (Lipinski definition) is 1. The van der Waals surface area contributed by atoms with Gasteiger partial charge in [0.25, 0.3) is 0 Å². The van der Waals surface area contributed by atoms with Gasteiger partial charge in [0, 0.05) is 10.8 Å². The van der Waals surface area contributed by atoms with E-state index in [0.29, 0.717) is 0 Å². The van der Waals surface area contributed by atoms with Gasteiger partial charge in [-0.2, -0.15) is 5.11 Å². The van der Waals surface area contributed by atoms with Gasteiger partial charge in [0.15, 0.2) is 0 Å². The van der Waals surface area contributed by atoms with Crippen LogP contribution >= 0.6 is 0 Å². The summed E-state index contributed by atoms with van der Waals surface area (Å²) in [6.45, 7) is 13.4. The summed E-state index contributed by atoms with van der Waals surface area (Å²) in [5.41, 5.74) is 13.3. The third kappa shape index (κ3) is 4.87. The molecular formula is C34H33BN2O. The van der Waals surface area contributed by atoms with Crippen LogP contribution in [-0.2, 0) is 0 Å². The Hall–Kier alpha value is -4.18. The van der Waals surface area contributed by atoms with E-state index in [1.54, 1.807) is 12.1 Å². The van der Waals surface area contributed by atoms with E-state index in [9.17, 15) is 5.11 Å². The zero-order valence-corrected chi connectivity index (χ0v) is 23.0. The van der Waals surface area contributed by atoms with Crippen molar-refractivity contribution in [2.45, 2.75) is 41.5 Å². The second kappa shape index (κ2) is 10.3. The topological polar surface area (TPSA) is 45.0 Å². The van der Waals surface area contributed by atoms with E-state index in [0.717, 1.165) is 22.1 Å². The summed E-state index contributed by atoms with van der Waals surface area (Å²) in [6, 6.07) is 28.8. The van der Waals surface area contributed by atoms with Crippen LogP contribution in [0.3, 0.4) is 0 Å². The number of hydrogen-bond acceptors (Lipinski definition) is 3. The number of aromatic hydroxyl groups is 1. The highest BCUT2D eigenvalue weighted by Gasteiger charge is 2.28. The second-order valence-corrected chi connectivity index (χ2v) is 10.5. The molecule has 0 radical (unpaired) electrons. The molecule has 0 fully saturated rings. The minimum atomic E-state index is 0.128. The van der Waals surface area contributed by atoms with Crippen molar-refractivity contribution in [1.29, 1.82) is 0 Å². The van der Waals surface area contributed by atoms with Crippen LogP contribution < -0.4 is 16.4 Å². The summed E-state index contributed by atoms with van der Waals surface area (Å²) < 4.78 is 0. The first-order chi connectivity index (χ1) is 18.2. The highest BCUT2D eigenvalue weighted by Crippen LogP contribution is 2.33.